The largest absolute Gasteiger partial charge is 0.464 e. The van der Waals surface area contributed by atoms with E-state index in [0.29, 0.717) is 18.6 Å². The van der Waals surface area contributed by atoms with Crippen LogP contribution in [0.1, 0.15) is 13.3 Å². The van der Waals surface area contributed by atoms with Gasteiger partial charge in [0, 0.05) is 18.2 Å². The third-order valence-electron chi connectivity index (χ3n) is 1.63. The smallest absolute Gasteiger partial charge is 0.328 e. The van der Waals surface area contributed by atoms with Gasteiger partial charge in [-0.1, -0.05) is 0 Å². The Kier molecular flexibility index (Phi) is 2.85. The predicted octanol–water partition coefficient (Wildman–Crippen LogP) is -0.00580. The second-order valence-corrected chi connectivity index (χ2v) is 2.51. The summed E-state index contributed by atoms with van der Waals surface area (Å²) in [6.45, 7) is 2.12. The molecule has 0 saturated carbocycles. The molecule has 12 heavy (non-hydrogen) atoms. The van der Waals surface area contributed by atoms with Gasteiger partial charge in [0.05, 0.1) is 6.61 Å². The monoisotopic (exact) mass is 169 g/mol. The highest BCUT2D eigenvalue weighted by Gasteiger charge is 2.23. The average molecular weight is 169 g/mol. The van der Waals surface area contributed by atoms with Crippen molar-refractivity contribution in [3.63, 3.8) is 0 Å². The number of hydrogen-bond acceptors (Lipinski definition) is 4. The van der Waals surface area contributed by atoms with Crippen LogP contribution in [0.2, 0.25) is 0 Å². The summed E-state index contributed by atoms with van der Waals surface area (Å²) >= 11 is 0. The highest BCUT2D eigenvalue weighted by molar-refractivity contribution is 5.82. The van der Waals surface area contributed by atoms with Gasteiger partial charge in [0.25, 0.3) is 0 Å². The fraction of sp³-hybridized carbons (Fsp3) is 0.500. The van der Waals surface area contributed by atoms with Crippen LogP contribution in [-0.2, 0) is 14.3 Å². The molecule has 1 aliphatic heterocycles. The highest BCUT2D eigenvalue weighted by Crippen LogP contribution is 2.10. The summed E-state index contributed by atoms with van der Waals surface area (Å²) in [6, 6.07) is -0.370. The van der Waals surface area contributed by atoms with E-state index in [1.807, 2.05) is 0 Å². The molecular weight excluding hydrogens is 158 g/mol. The standard InChI is InChI=1S/C8H11NO3/c1-2-12-8(11)7-3-6(5-10)4-9-7/h4-5,7,9H,2-3H2,1H3. The van der Waals surface area contributed by atoms with Crippen molar-refractivity contribution in [2.45, 2.75) is 19.4 Å². The van der Waals surface area contributed by atoms with Gasteiger partial charge < -0.3 is 10.1 Å². The summed E-state index contributed by atoms with van der Waals surface area (Å²) < 4.78 is 4.77. The van der Waals surface area contributed by atoms with Crippen molar-refractivity contribution in [3.05, 3.63) is 11.8 Å². The van der Waals surface area contributed by atoms with Crippen molar-refractivity contribution in [1.29, 1.82) is 0 Å². The minimum Gasteiger partial charge on any atom is -0.464 e. The molecule has 0 aromatic rings. The number of carbonyl (C=O) groups is 2. The van der Waals surface area contributed by atoms with E-state index in [2.05, 4.69) is 5.32 Å². The Morgan fingerprint density at radius 3 is 3.17 bits per heavy atom. The zero-order chi connectivity index (χ0) is 8.97. The molecule has 4 heteroatoms. The van der Waals surface area contributed by atoms with E-state index in [4.69, 9.17) is 4.74 Å². The number of carbonyl (C=O) groups excluding carboxylic acids is 2. The van der Waals surface area contributed by atoms with Gasteiger partial charge in [0.2, 0.25) is 0 Å². The molecule has 1 aliphatic rings. The van der Waals surface area contributed by atoms with Crippen molar-refractivity contribution in [2.75, 3.05) is 6.61 Å². The first-order valence-corrected chi connectivity index (χ1v) is 3.84. The van der Waals surface area contributed by atoms with Gasteiger partial charge in [-0.3, -0.25) is 4.79 Å². The van der Waals surface area contributed by atoms with Gasteiger partial charge in [-0.25, -0.2) is 4.79 Å². The maximum Gasteiger partial charge on any atom is 0.328 e. The number of aldehydes is 1. The van der Waals surface area contributed by atoms with Crippen molar-refractivity contribution < 1.29 is 14.3 Å². The van der Waals surface area contributed by atoms with E-state index in [-0.39, 0.29) is 12.0 Å². The van der Waals surface area contributed by atoms with Crippen LogP contribution in [0.3, 0.4) is 0 Å². The third-order valence-corrected chi connectivity index (χ3v) is 1.63. The number of ether oxygens (including phenoxy) is 1. The summed E-state index contributed by atoms with van der Waals surface area (Å²) in [5.41, 5.74) is 0.605. The molecule has 1 unspecified atom stereocenters. The van der Waals surface area contributed by atoms with Gasteiger partial charge in [-0.2, -0.15) is 0 Å². The number of esters is 1. The molecule has 0 radical (unpaired) electrons. The van der Waals surface area contributed by atoms with Crippen LogP contribution >= 0.6 is 0 Å². The summed E-state index contributed by atoms with van der Waals surface area (Å²) in [6.07, 6.45) is 2.73. The van der Waals surface area contributed by atoms with Crippen molar-refractivity contribution in [1.82, 2.24) is 5.32 Å². The molecule has 4 nitrogen and oxygen atoms in total. The third kappa shape index (κ3) is 1.84. The van der Waals surface area contributed by atoms with E-state index in [9.17, 15) is 9.59 Å². The summed E-state index contributed by atoms with van der Waals surface area (Å²) in [7, 11) is 0. The minimum atomic E-state index is -0.370. The lowest BCUT2D eigenvalue weighted by Gasteiger charge is -2.08. The minimum absolute atomic E-state index is 0.300. The second kappa shape index (κ2) is 3.90. The van der Waals surface area contributed by atoms with Gasteiger partial charge >= 0.3 is 5.97 Å². The quantitative estimate of drug-likeness (QED) is 0.477. The van der Waals surface area contributed by atoms with Crippen LogP contribution in [0.4, 0.5) is 0 Å². The average Bonchev–Trinajstić information content (AvgIpc) is 2.52. The topological polar surface area (TPSA) is 55.4 Å². The molecule has 1 heterocycles. The molecule has 0 aromatic carbocycles. The van der Waals surface area contributed by atoms with E-state index in [1.54, 1.807) is 13.1 Å². The van der Waals surface area contributed by atoms with Crippen LogP contribution in [0.5, 0.6) is 0 Å². The zero-order valence-electron chi connectivity index (χ0n) is 6.87. The van der Waals surface area contributed by atoms with Gasteiger partial charge in [-0.05, 0) is 6.92 Å². The SMILES string of the molecule is CCOC(=O)C1CC(C=O)=CN1. The molecule has 66 valence electrons. The Morgan fingerprint density at radius 2 is 2.67 bits per heavy atom. The van der Waals surface area contributed by atoms with Crippen molar-refractivity contribution >= 4 is 12.3 Å². The first kappa shape index (κ1) is 8.77. The number of hydrogen-bond donors (Lipinski definition) is 1. The molecule has 0 saturated heterocycles. The Balaban J connectivity index is 2.40. The van der Waals surface area contributed by atoms with E-state index < -0.39 is 0 Å². The molecule has 1 atom stereocenters. The molecular formula is C8H11NO3. The summed E-state index contributed by atoms with van der Waals surface area (Å²) in [4.78, 5) is 21.3. The van der Waals surface area contributed by atoms with Gasteiger partial charge in [0.15, 0.2) is 0 Å². The predicted molar refractivity (Wildman–Crippen MR) is 42.3 cm³/mol. The Morgan fingerprint density at radius 1 is 1.92 bits per heavy atom. The molecule has 0 fully saturated rings. The van der Waals surface area contributed by atoms with Crippen LogP contribution in [0.15, 0.2) is 11.8 Å². The van der Waals surface area contributed by atoms with Crippen LogP contribution in [0.25, 0.3) is 0 Å². The lowest BCUT2D eigenvalue weighted by atomic mass is 10.1. The lowest BCUT2D eigenvalue weighted by Crippen LogP contribution is -2.31. The first-order chi connectivity index (χ1) is 5.77. The molecule has 0 amide bonds. The normalized spacial score (nSPS) is 21.1. The molecule has 0 bridgehead atoms. The van der Waals surface area contributed by atoms with Crippen LogP contribution in [-0.4, -0.2) is 24.9 Å². The number of rotatable bonds is 3. The van der Waals surface area contributed by atoms with Crippen molar-refractivity contribution in [3.8, 4) is 0 Å². The van der Waals surface area contributed by atoms with Gasteiger partial charge in [-0.15, -0.1) is 0 Å². The molecule has 0 spiro atoms. The zero-order valence-corrected chi connectivity index (χ0v) is 6.87. The Bertz CT molecular complexity index is 222. The fourth-order valence-electron chi connectivity index (χ4n) is 1.04. The first-order valence-electron chi connectivity index (χ1n) is 3.84. The van der Waals surface area contributed by atoms with Crippen LogP contribution in [0, 0.1) is 0 Å². The fourth-order valence-corrected chi connectivity index (χ4v) is 1.04. The molecule has 1 N–H and O–H groups in total. The summed E-state index contributed by atoms with van der Waals surface area (Å²) in [5.74, 6) is -0.300. The second-order valence-electron chi connectivity index (χ2n) is 2.51. The van der Waals surface area contributed by atoms with Gasteiger partial charge in [0.1, 0.15) is 12.3 Å². The van der Waals surface area contributed by atoms with E-state index in [1.165, 1.54) is 0 Å². The highest BCUT2D eigenvalue weighted by atomic mass is 16.5. The molecule has 0 aliphatic carbocycles. The van der Waals surface area contributed by atoms with E-state index >= 15 is 0 Å². The summed E-state index contributed by atoms with van der Waals surface area (Å²) in [5, 5.41) is 2.77. The Labute approximate surface area is 70.6 Å². The Hall–Kier alpha value is -1.32. The van der Waals surface area contributed by atoms with E-state index in [0.717, 1.165) is 6.29 Å². The van der Waals surface area contributed by atoms with Crippen LogP contribution < -0.4 is 5.32 Å². The molecule has 0 aromatic heterocycles. The van der Waals surface area contributed by atoms with Crippen molar-refractivity contribution in [2.24, 2.45) is 0 Å². The molecule has 1 rings (SSSR count). The number of nitrogens with one attached hydrogen (secondary N) is 1. The maximum atomic E-state index is 11.1. The maximum absolute atomic E-state index is 11.1. The lowest BCUT2D eigenvalue weighted by molar-refractivity contribution is -0.145.